The zero-order valence-electron chi connectivity index (χ0n) is 22.3. The van der Waals surface area contributed by atoms with Gasteiger partial charge in [-0.2, -0.15) is 5.10 Å². The van der Waals surface area contributed by atoms with E-state index in [4.69, 9.17) is 31.2 Å². The molecule has 1 aliphatic heterocycles. The SMILES string of the molecule is COc1ccc(N2CCN(C(=O)c3cc(-c4ccccc4OC)nc4cc(-c5ccc(Cl)cc5)nn34)CC2)cc1. The van der Waals surface area contributed by atoms with Crippen LogP contribution in [0.15, 0.2) is 84.9 Å². The van der Waals surface area contributed by atoms with Gasteiger partial charge in [0.1, 0.15) is 17.2 Å². The first-order chi connectivity index (χ1) is 19.5. The van der Waals surface area contributed by atoms with Crippen LogP contribution in [-0.2, 0) is 0 Å². The first-order valence-corrected chi connectivity index (χ1v) is 13.4. The summed E-state index contributed by atoms with van der Waals surface area (Å²) in [5.41, 5.74) is 5.18. The number of methoxy groups -OCH3 is 2. The van der Waals surface area contributed by atoms with E-state index in [2.05, 4.69) is 4.90 Å². The molecule has 1 fully saturated rings. The van der Waals surface area contributed by atoms with Gasteiger partial charge in [0.05, 0.1) is 25.6 Å². The summed E-state index contributed by atoms with van der Waals surface area (Å²) in [5, 5.41) is 5.44. The number of benzene rings is 3. The fraction of sp³-hybridized carbons (Fsp3) is 0.194. The van der Waals surface area contributed by atoms with Gasteiger partial charge in [-0.15, -0.1) is 0 Å². The lowest BCUT2D eigenvalue weighted by Crippen LogP contribution is -2.49. The van der Waals surface area contributed by atoms with Crippen molar-refractivity contribution in [2.45, 2.75) is 0 Å². The van der Waals surface area contributed by atoms with Gasteiger partial charge in [0.15, 0.2) is 5.65 Å². The molecule has 0 radical (unpaired) electrons. The average molecular weight is 554 g/mol. The highest BCUT2D eigenvalue weighted by Gasteiger charge is 2.26. The van der Waals surface area contributed by atoms with Gasteiger partial charge in [0.25, 0.3) is 5.91 Å². The standard InChI is InChI=1S/C31H28ClN5O3/c1-39-24-13-11-23(12-14-24)35-15-17-36(18-16-35)31(38)28-19-27(25-5-3-4-6-29(25)40-2)33-30-20-26(34-37(28)30)21-7-9-22(32)10-8-21/h3-14,19-20H,15-18H2,1-2H3. The zero-order chi connectivity index (χ0) is 27.6. The fourth-order valence-corrected chi connectivity index (χ4v) is 5.13. The number of nitrogens with zero attached hydrogens (tertiary/aromatic N) is 5. The number of rotatable bonds is 6. The van der Waals surface area contributed by atoms with Gasteiger partial charge in [-0.25, -0.2) is 9.50 Å². The summed E-state index contributed by atoms with van der Waals surface area (Å²) >= 11 is 6.10. The second kappa shape index (κ2) is 10.9. The number of aromatic nitrogens is 3. The van der Waals surface area contributed by atoms with E-state index in [1.54, 1.807) is 18.7 Å². The predicted molar refractivity (Wildman–Crippen MR) is 157 cm³/mol. The van der Waals surface area contributed by atoms with Crippen molar-refractivity contribution in [2.24, 2.45) is 0 Å². The Morgan fingerprint density at radius 3 is 2.25 bits per heavy atom. The summed E-state index contributed by atoms with van der Waals surface area (Å²) in [6.45, 7) is 2.62. The van der Waals surface area contributed by atoms with Crippen LogP contribution < -0.4 is 14.4 Å². The normalized spacial score (nSPS) is 13.5. The van der Waals surface area contributed by atoms with Crippen molar-refractivity contribution < 1.29 is 14.3 Å². The summed E-state index contributed by atoms with van der Waals surface area (Å²) in [4.78, 5) is 23.1. The number of hydrogen-bond acceptors (Lipinski definition) is 6. The lowest BCUT2D eigenvalue weighted by molar-refractivity contribution is 0.0738. The highest BCUT2D eigenvalue weighted by molar-refractivity contribution is 6.30. The Balaban J connectivity index is 1.35. The quantitative estimate of drug-likeness (QED) is 0.269. The van der Waals surface area contributed by atoms with Crippen LogP contribution in [0.1, 0.15) is 10.5 Å². The van der Waals surface area contributed by atoms with Crippen LogP contribution in [0.4, 0.5) is 5.69 Å². The van der Waals surface area contributed by atoms with E-state index in [-0.39, 0.29) is 5.91 Å². The molecule has 3 heterocycles. The molecular weight excluding hydrogens is 526 g/mol. The molecule has 202 valence electrons. The summed E-state index contributed by atoms with van der Waals surface area (Å²) < 4.78 is 12.5. The van der Waals surface area contributed by atoms with E-state index in [1.807, 2.05) is 89.8 Å². The maximum Gasteiger partial charge on any atom is 0.272 e. The van der Waals surface area contributed by atoms with E-state index < -0.39 is 0 Å². The van der Waals surface area contributed by atoms with Crippen molar-refractivity contribution in [1.82, 2.24) is 19.5 Å². The van der Waals surface area contributed by atoms with Gasteiger partial charge in [0.2, 0.25) is 0 Å². The molecule has 0 bridgehead atoms. The summed E-state index contributed by atoms with van der Waals surface area (Å²) in [7, 11) is 3.29. The predicted octanol–water partition coefficient (Wildman–Crippen LogP) is 5.70. The molecule has 0 atom stereocenters. The third-order valence-corrected chi connectivity index (χ3v) is 7.43. The summed E-state index contributed by atoms with van der Waals surface area (Å²) in [6, 6.07) is 26.8. The van der Waals surface area contributed by atoms with Gasteiger partial charge < -0.3 is 19.3 Å². The lowest BCUT2D eigenvalue weighted by atomic mass is 10.1. The minimum absolute atomic E-state index is 0.0938. The van der Waals surface area contributed by atoms with Crippen LogP contribution in [0, 0.1) is 0 Å². The third kappa shape index (κ3) is 4.94. The Morgan fingerprint density at radius 1 is 0.825 bits per heavy atom. The van der Waals surface area contributed by atoms with Crippen LogP contribution in [0.3, 0.4) is 0 Å². The maximum atomic E-state index is 14.0. The molecule has 40 heavy (non-hydrogen) atoms. The largest absolute Gasteiger partial charge is 0.497 e. The van der Waals surface area contributed by atoms with Crippen molar-refractivity contribution in [3.63, 3.8) is 0 Å². The van der Waals surface area contributed by atoms with Crippen molar-refractivity contribution in [3.8, 4) is 34.0 Å². The molecule has 1 amide bonds. The van der Waals surface area contributed by atoms with E-state index in [9.17, 15) is 4.79 Å². The topological polar surface area (TPSA) is 72.2 Å². The first-order valence-electron chi connectivity index (χ1n) is 13.0. The highest BCUT2D eigenvalue weighted by atomic mass is 35.5. The Bertz CT molecular complexity index is 1660. The van der Waals surface area contributed by atoms with Crippen LogP contribution in [0.25, 0.3) is 28.2 Å². The van der Waals surface area contributed by atoms with Crippen LogP contribution >= 0.6 is 11.6 Å². The molecular formula is C31H28ClN5O3. The third-order valence-electron chi connectivity index (χ3n) is 7.17. The number of halogens is 1. The van der Waals surface area contributed by atoms with Crippen molar-refractivity contribution in [2.75, 3.05) is 45.3 Å². The molecule has 6 rings (SSSR count). The number of carbonyl (C=O) groups excluding carboxylic acids is 1. The maximum absolute atomic E-state index is 14.0. The van der Waals surface area contributed by atoms with E-state index in [0.717, 1.165) is 35.7 Å². The summed E-state index contributed by atoms with van der Waals surface area (Å²) in [6.07, 6.45) is 0. The molecule has 0 spiro atoms. The van der Waals surface area contributed by atoms with Gasteiger partial charge in [-0.1, -0.05) is 35.9 Å². The van der Waals surface area contributed by atoms with Crippen LogP contribution in [0.2, 0.25) is 5.02 Å². The van der Waals surface area contributed by atoms with Gasteiger partial charge in [-0.3, -0.25) is 4.79 Å². The van der Waals surface area contributed by atoms with Crippen LogP contribution in [-0.4, -0.2) is 65.8 Å². The second-order valence-electron chi connectivity index (χ2n) is 9.51. The molecule has 0 aliphatic carbocycles. The molecule has 0 N–H and O–H groups in total. The molecule has 0 unspecified atom stereocenters. The number of piperazine rings is 1. The molecule has 5 aromatic rings. The highest BCUT2D eigenvalue weighted by Crippen LogP contribution is 2.31. The van der Waals surface area contributed by atoms with Crippen molar-refractivity contribution >= 4 is 28.8 Å². The van der Waals surface area contributed by atoms with Gasteiger partial charge in [0, 0.05) is 54.1 Å². The molecule has 1 aliphatic rings. The number of fused-ring (bicyclic) bond motifs is 1. The Hall–Kier alpha value is -4.56. The number of carbonyl (C=O) groups is 1. The number of hydrogen-bond donors (Lipinski definition) is 0. The number of ether oxygens (including phenoxy) is 2. The smallest absolute Gasteiger partial charge is 0.272 e. The Kier molecular flexibility index (Phi) is 7.00. The fourth-order valence-electron chi connectivity index (χ4n) is 5.01. The minimum atomic E-state index is -0.0938. The average Bonchev–Trinajstić information content (AvgIpc) is 3.45. The minimum Gasteiger partial charge on any atom is -0.497 e. The van der Waals surface area contributed by atoms with Crippen LogP contribution in [0.5, 0.6) is 11.5 Å². The zero-order valence-corrected chi connectivity index (χ0v) is 23.0. The summed E-state index contributed by atoms with van der Waals surface area (Å²) in [5.74, 6) is 1.41. The molecule has 1 saturated heterocycles. The number of anilines is 1. The van der Waals surface area contributed by atoms with Crippen molar-refractivity contribution in [1.29, 1.82) is 0 Å². The monoisotopic (exact) mass is 553 g/mol. The van der Waals surface area contributed by atoms with Gasteiger partial charge >= 0.3 is 0 Å². The lowest BCUT2D eigenvalue weighted by Gasteiger charge is -2.36. The van der Waals surface area contributed by atoms with E-state index in [0.29, 0.717) is 46.6 Å². The number of amides is 1. The molecule has 0 saturated carbocycles. The van der Waals surface area contributed by atoms with E-state index >= 15 is 0 Å². The molecule has 3 aromatic carbocycles. The molecule has 9 heteroatoms. The molecule has 2 aromatic heterocycles. The number of para-hydroxylation sites is 1. The second-order valence-corrected chi connectivity index (χ2v) is 9.95. The van der Waals surface area contributed by atoms with E-state index in [1.165, 1.54) is 0 Å². The first kappa shape index (κ1) is 25.7. The Morgan fingerprint density at radius 2 is 1.55 bits per heavy atom. The van der Waals surface area contributed by atoms with Crippen molar-refractivity contribution in [3.05, 3.63) is 95.6 Å². The Labute approximate surface area is 237 Å². The van der Waals surface area contributed by atoms with Gasteiger partial charge in [-0.05, 0) is 54.6 Å². The molecule has 8 nitrogen and oxygen atoms in total.